The van der Waals surface area contributed by atoms with E-state index in [1.165, 1.54) is 4.90 Å². The summed E-state index contributed by atoms with van der Waals surface area (Å²) in [7, 11) is 0. The zero-order chi connectivity index (χ0) is 20.4. The quantitative estimate of drug-likeness (QED) is 0.792. The van der Waals surface area contributed by atoms with Crippen molar-refractivity contribution in [3.8, 4) is 11.1 Å². The molecule has 29 heavy (non-hydrogen) atoms. The number of likely N-dealkylation sites (tertiary alicyclic amines) is 1. The Morgan fingerprint density at radius 1 is 0.931 bits per heavy atom. The fourth-order valence-electron chi connectivity index (χ4n) is 4.50. The van der Waals surface area contributed by atoms with E-state index in [-0.39, 0.29) is 42.1 Å². The Morgan fingerprint density at radius 2 is 1.48 bits per heavy atom. The lowest BCUT2D eigenvalue weighted by Gasteiger charge is -2.19. The van der Waals surface area contributed by atoms with Gasteiger partial charge in [-0.1, -0.05) is 67.4 Å². The summed E-state index contributed by atoms with van der Waals surface area (Å²) in [5.74, 6) is -1.08. The second-order valence-electron chi connectivity index (χ2n) is 8.04. The summed E-state index contributed by atoms with van der Waals surface area (Å²) in [5, 5.41) is 2.92. The summed E-state index contributed by atoms with van der Waals surface area (Å²) in [4.78, 5) is 38.8. The fourth-order valence-corrected chi connectivity index (χ4v) is 4.50. The van der Waals surface area contributed by atoms with Gasteiger partial charge in [-0.05, 0) is 36.5 Å². The van der Waals surface area contributed by atoms with Crippen molar-refractivity contribution in [3.05, 3.63) is 60.2 Å². The lowest BCUT2D eigenvalue weighted by atomic mass is 9.81. The SMILES string of the molecule is C[C@@H](NC(=O)CN1C(=O)[C@H]2CCCC[C@H]2C1=O)c1ccc(-c2ccccc2)cc1. The van der Waals surface area contributed by atoms with Gasteiger partial charge in [0.25, 0.3) is 0 Å². The van der Waals surface area contributed by atoms with Crippen LogP contribution in [0.5, 0.6) is 0 Å². The normalized spacial score (nSPS) is 22.3. The van der Waals surface area contributed by atoms with Crippen LogP contribution in [0.1, 0.15) is 44.2 Å². The highest BCUT2D eigenvalue weighted by molar-refractivity contribution is 6.07. The van der Waals surface area contributed by atoms with Crippen LogP contribution in [0.3, 0.4) is 0 Å². The number of carbonyl (C=O) groups excluding carboxylic acids is 3. The molecule has 3 atom stereocenters. The van der Waals surface area contributed by atoms with Crippen molar-refractivity contribution in [1.29, 1.82) is 0 Å². The highest BCUT2D eigenvalue weighted by atomic mass is 16.2. The minimum absolute atomic E-state index is 0.172. The van der Waals surface area contributed by atoms with E-state index in [1.807, 2.05) is 49.4 Å². The van der Waals surface area contributed by atoms with E-state index in [0.29, 0.717) is 0 Å². The Morgan fingerprint density at radius 3 is 2.07 bits per heavy atom. The molecule has 0 spiro atoms. The third kappa shape index (κ3) is 3.95. The van der Waals surface area contributed by atoms with Crippen LogP contribution in [0.2, 0.25) is 0 Å². The van der Waals surface area contributed by atoms with E-state index in [4.69, 9.17) is 0 Å². The van der Waals surface area contributed by atoms with Gasteiger partial charge in [0.05, 0.1) is 17.9 Å². The molecule has 1 aliphatic heterocycles. The molecular weight excluding hydrogens is 364 g/mol. The highest BCUT2D eigenvalue weighted by Crippen LogP contribution is 2.37. The number of carbonyl (C=O) groups is 3. The molecular formula is C24H26N2O3. The van der Waals surface area contributed by atoms with Gasteiger partial charge in [-0.3, -0.25) is 19.3 Å². The lowest BCUT2D eigenvalue weighted by molar-refractivity contribution is -0.143. The molecule has 0 bridgehead atoms. The molecule has 3 amide bonds. The Bertz CT molecular complexity index is 883. The molecule has 5 heteroatoms. The summed E-state index contributed by atoms with van der Waals surface area (Å²) in [6.07, 6.45) is 3.49. The molecule has 5 nitrogen and oxygen atoms in total. The first-order valence-electron chi connectivity index (χ1n) is 10.3. The number of nitrogens with one attached hydrogen (secondary N) is 1. The van der Waals surface area contributed by atoms with Crippen molar-refractivity contribution in [2.45, 2.75) is 38.6 Å². The van der Waals surface area contributed by atoms with Crippen molar-refractivity contribution in [3.63, 3.8) is 0 Å². The molecule has 1 N–H and O–H groups in total. The second-order valence-corrected chi connectivity index (χ2v) is 8.04. The number of hydrogen-bond acceptors (Lipinski definition) is 3. The second kappa shape index (κ2) is 8.19. The van der Waals surface area contributed by atoms with Gasteiger partial charge >= 0.3 is 0 Å². The summed E-state index contributed by atoms with van der Waals surface area (Å²) < 4.78 is 0. The number of fused-ring (bicyclic) bond motifs is 1. The molecule has 4 rings (SSSR count). The van der Waals surface area contributed by atoms with Gasteiger partial charge < -0.3 is 5.32 Å². The number of amides is 3. The molecule has 1 saturated heterocycles. The minimum atomic E-state index is -0.301. The van der Waals surface area contributed by atoms with Crippen molar-refractivity contribution < 1.29 is 14.4 Å². The van der Waals surface area contributed by atoms with Crippen LogP contribution in [0.15, 0.2) is 54.6 Å². The van der Waals surface area contributed by atoms with E-state index >= 15 is 0 Å². The van der Waals surface area contributed by atoms with Gasteiger partial charge in [-0.15, -0.1) is 0 Å². The Balaban J connectivity index is 1.37. The number of rotatable bonds is 5. The van der Waals surface area contributed by atoms with Crippen LogP contribution in [0.25, 0.3) is 11.1 Å². The maximum Gasteiger partial charge on any atom is 0.240 e. The molecule has 2 fully saturated rings. The first-order chi connectivity index (χ1) is 14.0. The number of hydrogen-bond donors (Lipinski definition) is 1. The molecule has 0 aromatic heterocycles. The van der Waals surface area contributed by atoms with E-state index in [0.717, 1.165) is 42.4 Å². The molecule has 2 aromatic rings. The van der Waals surface area contributed by atoms with Gasteiger partial charge in [0.2, 0.25) is 17.7 Å². The van der Waals surface area contributed by atoms with Gasteiger partial charge in [0.15, 0.2) is 0 Å². The van der Waals surface area contributed by atoms with E-state index in [2.05, 4.69) is 17.4 Å². The third-order valence-corrected chi connectivity index (χ3v) is 6.13. The smallest absolute Gasteiger partial charge is 0.240 e. The van der Waals surface area contributed by atoms with E-state index in [1.54, 1.807) is 0 Å². The average molecular weight is 390 g/mol. The topological polar surface area (TPSA) is 66.5 Å². The lowest BCUT2D eigenvalue weighted by Crippen LogP contribution is -2.41. The summed E-state index contributed by atoms with van der Waals surface area (Å²) in [6.45, 7) is 1.72. The molecule has 2 aliphatic rings. The first kappa shape index (κ1) is 19.4. The van der Waals surface area contributed by atoms with Gasteiger partial charge in [0, 0.05) is 0 Å². The molecule has 0 radical (unpaired) electrons. The van der Waals surface area contributed by atoms with E-state index < -0.39 is 0 Å². The summed E-state index contributed by atoms with van der Waals surface area (Å²) >= 11 is 0. The van der Waals surface area contributed by atoms with Crippen molar-refractivity contribution in [1.82, 2.24) is 10.2 Å². The highest BCUT2D eigenvalue weighted by Gasteiger charge is 2.48. The predicted molar refractivity (Wildman–Crippen MR) is 111 cm³/mol. The van der Waals surface area contributed by atoms with Gasteiger partial charge in [-0.25, -0.2) is 0 Å². The molecule has 150 valence electrons. The van der Waals surface area contributed by atoms with Crippen LogP contribution in [-0.4, -0.2) is 29.2 Å². The van der Waals surface area contributed by atoms with Gasteiger partial charge in [-0.2, -0.15) is 0 Å². The van der Waals surface area contributed by atoms with Crippen LogP contribution in [0.4, 0.5) is 0 Å². The zero-order valence-electron chi connectivity index (χ0n) is 16.6. The van der Waals surface area contributed by atoms with Crippen molar-refractivity contribution >= 4 is 17.7 Å². The minimum Gasteiger partial charge on any atom is -0.348 e. The first-order valence-corrected chi connectivity index (χ1v) is 10.3. The van der Waals surface area contributed by atoms with Crippen LogP contribution < -0.4 is 5.32 Å². The maximum absolute atomic E-state index is 12.5. The largest absolute Gasteiger partial charge is 0.348 e. The predicted octanol–water partition coefficient (Wildman–Crippen LogP) is 3.71. The van der Waals surface area contributed by atoms with Crippen LogP contribution >= 0.6 is 0 Å². The van der Waals surface area contributed by atoms with Crippen LogP contribution in [0, 0.1) is 11.8 Å². The number of nitrogens with zero attached hydrogens (tertiary/aromatic N) is 1. The van der Waals surface area contributed by atoms with Crippen LogP contribution in [-0.2, 0) is 14.4 Å². The molecule has 1 aliphatic carbocycles. The maximum atomic E-state index is 12.5. The molecule has 1 saturated carbocycles. The van der Waals surface area contributed by atoms with Crippen molar-refractivity contribution in [2.24, 2.45) is 11.8 Å². The number of imide groups is 1. The number of benzene rings is 2. The fraction of sp³-hybridized carbons (Fsp3) is 0.375. The Kier molecular flexibility index (Phi) is 5.47. The molecule has 0 unspecified atom stereocenters. The molecule has 1 heterocycles. The standard InChI is InChI=1S/C24H26N2O3/c1-16(17-11-13-19(14-12-17)18-7-3-2-4-8-18)25-22(27)15-26-23(28)20-9-5-6-10-21(20)24(26)29/h2-4,7-8,11-14,16,20-21H,5-6,9-10,15H2,1H3,(H,25,27)/t16-,20-,21+/m1/s1. The summed E-state index contributed by atoms with van der Waals surface area (Å²) in [6, 6.07) is 18.0. The summed E-state index contributed by atoms with van der Waals surface area (Å²) in [5.41, 5.74) is 3.23. The van der Waals surface area contributed by atoms with Gasteiger partial charge in [0.1, 0.15) is 6.54 Å². The van der Waals surface area contributed by atoms with E-state index in [9.17, 15) is 14.4 Å². The molecule has 2 aromatic carbocycles. The Labute approximate surface area is 171 Å². The van der Waals surface area contributed by atoms with Crippen molar-refractivity contribution in [2.75, 3.05) is 6.54 Å². The Hall–Kier alpha value is -2.95. The third-order valence-electron chi connectivity index (χ3n) is 6.13. The zero-order valence-corrected chi connectivity index (χ0v) is 16.6. The average Bonchev–Trinajstić information content (AvgIpc) is 2.99. The monoisotopic (exact) mass is 390 g/mol.